The minimum atomic E-state index is -0.951. The predicted octanol–water partition coefficient (Wildman–Crippen LogP) is 0.778. The lowest BCUT2D eigenvalue weighted by molar-refractivity contribution is -0.120. The van der Waals surface area contributed by atoms with Crippen LogP contribution in [0.1, 0.15) is 30.6 Å². The number of nitrogens with two attached hydrogens (primary N) is 1. The molecule has 116 valence electrons. The number of amides is 3. The molecule has 0 spiro atoms. The van der Waals surface area contributed by atoms with Gasteiger partial charge >= 0.3 is 0 Å². The molecule has 0 fully saturated rings. The van der Waals surface area contributed by atoms with E-state index in [1.807, 2.05) is 6.07 Å². The molecule has 4 N–H and O–H groups in total. The van der Waals surface area contributed by atoms with Gasteiger partial charge in [0, 0.05) is 12.8 Å². The van der Waals surface area contributed by atoms with Crippen LogP contribution in [0.4, 0.5) is 5.69 Å². The van der Waals surface area contributed by atoms with Crippen LogP contribution in [0.3, 0.4) is 0 Å². The van der Waals surface area contributed by atoms with Gasteiger partial charge in [-0.25, -0.2) is 0 Å². The summed E-state index contributed by atoms with van der Waals surface area (Å²) in [6, 6.07) is 7.44. The van der Waals surface area contributed by atoms with E-state index in [0.29, 0.717) is 5.69 Å². The lowest BCUT2D eigenvalue weighted by Gasteiger charge is -2.17. The number of benzene rings is 1. The number of anilines is 1. The van der Waals surface area contributed by atoms with Crippen LogP contribution < -0.4 is 16.4 Å². The van der Waals surface area contributed by atoms with Crippen LogP contribution in [0.5, 0.6) is 0 Å². The summed E-state index contributed by atoms with van der Waals surface area (Å²) in [4.78, 5) is 34.8. The molecule has 0 saturated heterocycles. The van der Waals surface area contributed by atoms with Gasteiger partial charge in [0.2, 0.25) is 11.8 Å². The fourth-order valence-electron chi connectivity index (χ4n) is 1.87. The number of nitrogens with zero attached hydrogens (tertiary/aromatic N) is 1. The van der Waals surface area contributed by atoms with Crippen LogP contribution in [-0.2, 0) is 9.59 Å². The van der Waals surface area contributed by atoms with Crippen molar-refractivity contribution in [1.82, 2.24) is 5.32 Å². The normalized spacial score (nSPS) is 12.6. The van der Waals surface area contributed by atoms with E-state index in [-0.39, 0.29) is 17.9 Å². The molecule has 22 heavy (non-hydrogen) atoms. The first-order valence-electron chi connectivity index (χ1n) is 6.71. The minimum absolute atomic E-state index is 0.125. The lowest BCUT2D eigenvalue weighted by Crippen LogP contribution is -2.45. The molecule has 0 saturated carbocycles. The quantitative estimate of drug-likeness (QED) is 0.717. The second kappa shape index (κ2) is 7.78. The Kier molecular flexibility index (Phi) is 6.08. The molecule has 1 aromatic carbocycles. The fraction of sp³-hybridized carbons (Fsp3) is 0.333. The smallest absolute Gasteiger partial charge is 0.254 e. The molecule has 0 radical (unpaired) electrons. The number of hydrogen-bond donors (Lipinski definition) is 3. The van der Waals surface area contributed by atoms with Crippen molar-refractivity contribution < 1.29 is 14.4 Å². The Morgan fingerprint density at radius 1 is 1.32 bits per heavy atom. The Labute approximate surface area is 128 Å². The second-order valence-corrected chi connectivity index (χ2v) is 4.92. The third-order valence-corrected chi connectivity index (χ3v) is 2.94. The van der Waals surface area contributed by atoms with Gasteiger partial charge in [0.1, 0.15) is 6.04 Å². The van der Waals surface area contributed by atoms with Gasteiger partial charge in [-0.05, 0) is 25.5 Å². The summed E-state index contributed by atoms with van der Waals surface area (Å²) in [6.45, 7) is 2.96. The highest BCUT2D eigenvalue weighted by Gasteiger charge is 2.22. The largest absolute Gasteiger partial charge is 0.368 e. The molecule has 0 heterocycles. The van der Waals surface area contributed by atoms with E-state index in [1.54, 1.807) is 25.1 Å². The second-order valence-electron chi connectivity index (χ2n) is 4.92. The summed E-state index contributed by atoms with van der Waals surface area (Å²) in [6.07, 6.45) is 0.125. The van der Waals surface area contributed by atoms with Crippen LogP contribution in [0.2, 0.25) is 0 Å². The van der Waals surface area contributed by atoms with Crippen LogP contribution in [0.25, 0.3) is 0 Å². The molecule has 1 rings (SSSR count). The minimum Gasteiger partial charge on any atom is -0.368 e. The Hall–Kier alpha value is -2.88. The van der Waals surface area contributed by atoms with Crippen molar-refractivity contribution in [3.63, 3.8) is 0 Å². The van der Waals surface area contributed by atoms with E-state index in [1.165, 1.54) is 13.0 Å². The van der Waals surface area contributed by atoms with Crippen molar-refractivity contribution in [2.45, 2.75) is 26.3 Å². The molecule has 0 bridgehead atoms. The van der Waals surface area contributed by atoms with Crippen molar-refractivity contribution in [2.24, 2.45) is 11.7 Å². The number of nitrogens with one attached hydrogen (secondary N) is 2. The summed E-state index contributed by atoms with van der Waals surface area (Å²) >= 11 is 0. The molecule has 7 heteroatoms. The van der Waals surface area contributed by atoms with E-state index in [2.05, 4.69) is 10.6 Å². The molecule has 3 amide bonds. The molecule has 0 aliphatic carbocycles. The fourth-order valence-corrected chi connectivity index (χ4v) is 1.87. The first-order valence-corrected chi connectivity index (χ1v) is 6.71. The highest BCUT2D eigenvalue weighted by atomic mass is 16.2. The van der Waals surface area contributed by atoms with Gasteiger partial charge in [-0.3, -0.25) is 14.4 Å². The average molecular weight is 302 g/mol. The maximum absolute atomic E-state index is 12.3. The number of para-hydroxylation sites is 1. The SMILES string of the molecule is CC(=O)Nc1ccccc1C(=O)N[C@@H](C[C@H](C)C#N)C(N)=O. The molecular formula is C15H18N4O3. The Balaban J connectivity index is 2.93. The summed E-state index contributed by atoms with van der Waals surface area (Å²) < 4.78 is 0. The van der Waals surface area contributed by atoms with E-state index >= 15 is 0 Å². The first kappa shape index (κ1) is 17.2. The zero-order valence-electron chi connectivity index (χ0n) is 12.4. The van der Waals surface area contributed by atoms with Gasteiger partial charge in [-0.15, -0.1) is 0 Å². The van der Waals surface area contributed by atoms with Crippen LogP contribution >= 0.6 is 0 Å². The summed E-state index contributed by atoms with van der Waals surface area (Å²) in [5, 5.41) is 13.8. The molecule has 0 aliphatic heterocycles. The molecule has 0 aromatic heterocycles. The molecule has 0 aliphatic rings. The van der Waals surface area contributed by atoms with E-state index in [9.17, 15) is 14.4 Å². The molecule has 7 nitrogen and oxygen atoms in total. The Morgan fingerprint density at radius 2 is 1.95 bits per heavy atom. The first-order chi connectivity index (χ1) is 10.3. The molecule has 0 unspecified atom stereocenters. The zero-order valence-corrected chi connectivity index (χ0v) is 12.4. The number of carbonyl (C=O) groups excluding carboxylic acids is 3. The predicted molar refractivity (Wildman–Crippen MR) is 80.6 cm³/mol. The van der Waals surface area contributed by atoms with Crippen molar-refractivity contribution in [2.75, 3.05) is 5.32 Å². The highest BCUT2D eigenvalue weighted by molar-refractivity contribution is 6.04. The number of primary amides is 1. The number of carbonyl (C=O) groups is 3. The van der Waals surface area contributed by atoms with Gasteiger partial charge in [-0.1, -0.05) is 12.1 Å². The number of nitriles is 1. The van der Waals surface area contributed by atoms with Gasteiger partial charge in [0.05, 0.1) is 17.3 Å². The average Bonchev–Trinajstić information content (AvgIpc) is 2.46. The van der Waals surface area contributed by atoms with Crippen LogP contribution in [0, 0.1) is 17.2 Å². The Morgan fingerprint density at radius 3 is 2.50 bits per heavy atom. The van der Waals surface area contributed by atoms with Crippen molar-refractivity contribution in [3.05, 3.63) is 29.8 Å². The molecule has 2 atom stereocenters. The standard InChI is InChI=1S/C15H18N4O3/c1-9(8-16)7-13(14(17)21)19-15(22)11-5-3-4-6-12(11)18-10(2)20/h3-6,9,13H,7H2,1-2H3,(H2,17,21)(H,18,20)(H,19,22)/t9-,13-/m0/s1. The third kappa shape index (κ3) is 4.90. The van der Waals surface area contributed by atoms with E-state index in [0.717, 1.165) is 0 Å². The highest BCUT2D eigenvalue weighted by Crippen LogP contribution is 2.15. The van der Waals surface area contributed by atoms with E-state index in [4.69, 9.17) is 11.0 Å². The summed E-state index contributed by atoms with van der Waals surface area (Å²) in [5.74, 6) is -2.00. The van der Waals surface area contributed by atoms with E-state index < -0.39 is 23.8 Å². The van der Waals surface area contributed by atoms with Crippen molar-refractivity contribution >= 4 is 23.4 Å². The lowest BCUT2D eigenvalue weighted by atomic mass is 10.0. The van der Waals surface area contributed by atoms with Gasteiger partial charge in [0.25, 0.3) is 5.91 Å². The van der Waals surface area contributed by atoms with Crippen LogP contribution in [0.15, 0.2) is 24.3 Å². The summed E-state index contributed by atoms with van der Waals surface area (Å²) in [5.41, 5.74) is 5.81. The maximum atomic E-state index is 12.3. The third-order valence-electron chi connectivity index (χ3n) is 2.94. The summed E-state index contributed by atoms with van der Waals surface area (Å²) in [7, 11) is 0. The van der Waals surface area contributed by atoms with Gasteiger partial charge in [-0.2, -0.15) is 5.26 Å². The molecular weight excluding hydrogens is 284 g/mol. The van der Waals surface area contributed by atoms with Crippen molar-refractivity contribution in [1.29, 1.82) is 5.26 Å². The van der Waals surface area contributed by atoms with Gasteiger partial charge < -0.3 is 16.4 Å². The molecule has 1 aromatic rings. The van der Waals surface area contributed by atoms with Gasteiger partial charge in [0.15, 0.2) is 0 Å². The number of hydrogen-bond acceptors (Lipinski definition) is 4. The Bertz CT molecular complexity index is 621. The number of rotatable bonds is 6. The maximum Gasteiger partial charge on any atom is 0.254 e. The van der Waals surface area contributed by atoms with Crippen LogP contribution in [-0.4, -0.2) is 23.8 Å². The topological polar surface area (TPSA) is 125 Å². The van der Waals surface area contributed by atoms with Crippen molar-refractivity contribution in [3.8, 4) is 6.07 Å². The zero-order chi connectivity index (χ0) is 16.7. The monoisotopic (exact) mass is 302 g/mol.